The highest BCUT2D eigenvalue weighted by atomic mass is 79.9. The molecule has 0 atom stereocenters. The van der Waals surface area contributed by atoms with Crippen molar-refractivity contribution in [3.63, 3.8) is 0 Å². The lowest BCUT2D eigenvalue weighted by Gasteiger charge is -2.05. The summed E-state index contributed by atoms with van der Waals surface area (Å²) in [7, 11) is 0. The maximum Gasteiger partial charge on any atom is 0.247 e. The molecule has 4 aromatic heterocycles. The first-order valence-corrected chi connectivity index (χ1v) is 12.6. The number of pyridine rings is 1. The summed E-state index contributed by atoms with van der Waals surface area (Å²) in [5.74, 6) is 0.165. The number of aryl methyl sites for hydroxylation is 1. The molecular formula is C23H17BrCl2N6OS. The molecule has 1 amide bonds. The van der Waals surface area contributed by atoms with Gasteiger partial charge in [0.1, 0.15) is 6.54 Å². The smallest absolute Gasteiger partial charge is 0.247 e. The zero-order valence-electron chi connectivity index (χ0n) is 17.8. The normalized spacial score (nSPS) is 11.3. The summed E-state index contributed by atoms with van der Waals surface area (Å²) >= 11 is 17.2. The zero-order valence-corrected chi connectivity index (χ0v) is 21.7. The van der Waals surface area contributed by atoms with E-state index in [0.717, 1.165) is 27.1 Å². The molecule has 0 aliphatic heterocycles. The first kappa shape index (κ1) is 23.0. The number of fused-ring (bicyclic) bond motifs is 1. The number of nitrogens with zero attached hydrogens (tertiary/aromatic N) is 5. The summed E-state index contributed by atoms with van der Waals surface area (Å²) in [5, 5.41) is 15.9. The number of benzene rings is 1. The third-order valence-electron chi connectivity index (χ3n) is 5.19. The van der Waals surface area contributed by atoms with Gasteiger partial charge in [-0.2, -0.15) is 10.2 Å². The summed E-state index contributed by atoms with van der Waals surface area (Å²) in [6.45, 7) is 2.41. The van der Waals surface area contributed by atoms with E-state index in [1.807, 2.05) is 30.5 Å². The minimum absolute atomic E-state index is 0.0112. The summed E-state index contributed by atoms with van der Waals surface area (Å²) in [6.07, 6.45) is 3.54. The molecule has 0 aliphatic carbocycles. The Labute approximate surface area is 217 Å². The predicted molar refractivity (Wildman–Crippen MR) is 140 cm³/mol. The van der Waals surface area contributed by atoms with Crippen LogP contribution in [0.2, 0.25) is 10.0 Å². The lowest BCUT2D eigenvalue weighted by Crippen LogP contribution is -2.20. The largest absolute Gasteiger partial charge is 0.307 e. The van der Waals surface area contributed by atoms with Crippen LogP contribution in [0.1, 0.15) is 11.3 Å². The van der Waals surface area contributed by atoms with Crippen LogP contribution in [-0.2, 0) is 17.9 Å². The number of amides is 1. The van der Waals surface area contributed by atoms with Gasteiger partial charge in [-0.3, -0.25) is 9.48 Å². The molecule has 0 unspecified atom stereocenters. The third kappa shape index (κ3) is 4.61. The van der Waals surface area contributed by atoms with Crippen molar-refractivity contribution >= 4 is 73.2 Å². The van der Waals surface area contributed by atoms with Gasteiger partial charge in [0.15, 0.2) is 11.5 Å². The number of anilines is 1. The van der Waals surface area contributed by atoms with Crippen molar-refractivity contribution in [2.75, 3.05) is 5.32 Å². The van der Waals surface area contributed by atoms with Gasteiger partial charge in [0.25, 0.3) is 0 Å². The maximum absolute atomic E-state index is 12.9. The minimum Gasteiger partial charge on any atom is -0.307 e. The second-order valence-electron chi connectivity index (χ2n) is 7.60. The highest BCUT2D eigenvalue weighted by molar-refractivity contribution is 9.10. The number of nitrogens with one attached hydrogen (secondary N) is 1. The van der Waals surface area contributed by atoms with Gasteiger partial charge in [-0.15, -0.1) is 11.3 Å². The lowest BCUT2D eigenvalue weighted by atomic mass is 10.1. The average Bonchev–Trinajstić information content (AvgIpc) is 3.52. The van der Waals surface area contributed by atoms with E-state index in [1.54, 1.807) is 45.2 Å². The molecule has 0 fully saturated rings. The van der Waals surface area contributed by atoms with Crippen LogP contribution in [0.4, 0.5) is 5.82 Å². The summed E-state index contributed by atoms with van der Waals surface area (Å²) in [4.78, 5) is 18.5. The van der Waals surface area contributed by atoms with Crippen LogP contribution in [0.3, 0.4) is 0 Å². The van der Waals surface area contributed by atoms with E-state index in [1.165, 1.54) is 0 Å². The van der Waals surface area contributed by atoms with Gasteiger partial charge >= 0.3 is 0 Å². The molecule has 0 bridgehead atoms. The molecule has 0 aliphatic rings. The topological polar surface area (TPSA) is 77.6 Å². The van der Waals surface area contributed by atoms with Crippen LogP contribution in [0.5, 0.6) is 0 Å². The Hall–Kier alpha value is -2.72. The lowest BCUT2D eigenvalue weighted by molar-refractivity contribution is -0.116. The van der Waals surface area contributed by atoms with Crippen LogP contribution < -0.4 is 5.32 Å². The Morgan fingerprint density at radius 1 is 1.18 bits per heavy atom. The van der Waals surface area contributed by atoms with Crippen molar-refractivity contribution in [3.05, 3.63) is 79.9 Å². The molecule has 1 aromatic carbocycles. The number of carbonyl (C=O) groups excluding carboxylic acids is 1. The fourth-order valence-electron chi connectivity index (χ4n) is 3.72. The quantitative estimate of drug-likeness (QED) is 0.253. The first-order valence-electron chi connectivity index (χ1n) is 10.2. The van der Waals surface area contributed by atoms with E-state index in [-0.39, 0.29) is 12.5 Å². The number of hydrogen-bond acceptors (Lipinski definition) is 5. The zero-order chi connectivity index (χ0) is 23.8. The molecule has 4 heterocycles. The average molecular weight is 576 g/mol. The Morgan fingerprint density at radius 3 is 2.79 bits per heavy atom. The molecule has 0 saturated carbocycles. The van der Waals surface area contributed by atoms with Crippen molar-refractivity contribution < 1.29 is 4.79 Å². The minimum atomic E-state index is -0.256. The van der Waals surface area contributed by atoms with Crippen LogP contribution in [0.25, 0.3) is 21.5 Å². The van der Waals surface area contributed by atoms with Gasteiger partial charge in [0.2, 0.25) is 5.91 Å². The summed E-state index contributed by atoms with van der Waals surface area (Å²) in [6, 6.07) is 11.5. The van der Waals surface area contributed by atoms with Gasteiger partial charge < -0.3 is 5.32 Å². The molecule has 11 heteroatoms. The van der Waals surface area contributed by atoms with E-state index >= 15 is 0 Å². The number of carbonyl (C=O) groups is 1. The number of thiophene rings is 1. The first-order chi connectivity index (χ1) is 16.4. The summed E-state index contributed by atoms with van der Waals surface area (Å²) < 4.78 is 4.00. The van der Waals surface area contributed by atoms with Crippen molar-refractivity contribution in [2.45, 2.75) is 20.0 Å². The van der Waals surface area contributed by atoms with Crippen molar-refractivity contribution in [1.29, 1.82) is 0 Å². The van der Waals surface area contributed by atoms with Crippen LogP contribution in [0.15, 0.2) is 58.6 Å². The van der Waals surface area contributed by atoms with E-state index < -0.39 is 0 Å². The second kappa shape index (κ2) is 9.50. The third-order valence-corrected chi connectivity index (χ3v) is 7.41. The number of rotatable bonds is 6. The predicted octanol–water partition coefficient (Wildman–Crippen LogP) is 6.42. The number of hydrogen-bond donors (Lipinski definition) is 1. The van der Waals surface area contributed by atoms with E-state index in [4.69, 9.17) is 23.2 Å². The van der Waals surface area contributed by atoms with Crippen molar-refractivity contribution in [3.8, 4) is 10.4 Å². The standard InChI is InChI=1S/C23H17BrCl2N6OS/c1-13-21-15(19-3-2-8-34-19)6-7-27-23(21)32(29-13)12-20(33)28-22-16(24)11-31(30-22)10-14-4-5-17(25)18(26)9-14/h2-9,11H,10,12H2,1H3,(H,28,30,33). The SMILES string of the molecule is Cc1nn(CC(=O)Nc2nn(Cc3ccc(Cl)c(Cl)c3)cc2Br)c2nccc(-c3cccs3)c12. The van der Waals surface area contributed by atoms with Gasteiger partial charge in [0, 0.05) is 22.8 Å². The Balaban J connectivity index is 1.34. The van der Waals surface area contributed by atoms with E-state index in [0.29, 0.717) is 32.5 Å². The monoisotopic (exact) mass is 574 g/mol. The van der Waals surface area contributed by atoms with Gasteiger partial charge in [-0.1, -0.05) is 35.3 Å². The van der Waals surface area contributed by atoms with Gasteiger partial charge in [0.05, 0.1) is 32.1 Å². The number of aromatic nitrogens is 5. The maximum atomic E-state index is 12.9. The van der Waals surface area contributed by atoms with E-state index in [2.05, 4.69) is 42.5 Å². The highest BCUT2D eigenvalue weighted by Gasteiger charge is 2.18. The highest BCUT2D eigenvalue weighted by Crippen LogP contribution is 2.32. The van der Waals surface area contributed by atoms with Crippen LogP contribution in [0, 0.1) is 6.92 Å². The molecule has 5 rings (SSSR count). The Kier molecular flexibility index (Phi) is 6.44. The molecule has 0 saturated heterocycles. The summed E-state index contributed by atoms with van der Waals surface area (Å²) in [5.41, 5.74) is 3.50. The van der Waals surface area contributed by atoms with Gasteiger partial charge in [-0.25, -0.2) is 9.67 Å². The molecular weight excluding hydrogens is 559 g/mol. The number of halogens is 3. The van der Waals surface area contributed by atoms with Gasteiger partial charge in [-0.05, 0) is 58.1 Å². The van der Waals surface area contributed by atoms with Crippen molar-refractivity contribution in [1.82, 2.24) is 24.5 Å². The molecule has 0 spiro atoms. The van der Waals surface area contributed by atoms with Crippen LogP contribution in [-0.4, -0.2) is 30.5 Å². The van der Waals surface area contributed by atoms with Crippen LogP contribution >= 0.6 is 50.5 Å². The molecule has 0 radical (unpaired) electrons. The molecule has 5 aromatic rings. The molecule has 34 heavy (non-hydrogen) atoms. The molecule has 172 valence electrons. The molecule has 1 N–H and O–H groups in total. The second-order valence-corrected chi connectivity index (χ2v) is 10.2. The fraction of sp³-hybridized carbons (Fsp3) is 0.130. The molecule has 7 nitrogen and oxygen atoms in total. The Bertz CT molecular complexity index is 1510. The fourth-order valence-corrected chi connectivity index (χ4v) is 5.22. The van der Waals surface area contributed by atoms with Crippen molar-refractivity contribution in [2.24, 2.45) is 0 Å². The Morgan fingerprint density at radius 2 is 2.03 bits per heavy atom. The van der Waals surface area contributed by atoms with E-state index in [9.17, 15) is 4.79 Å².